The van der Waals surface area contributed by atoms with E-state index in [4.69, 9.17) is 4.98 Å². The van der Waals surface area contributed by atoms with Crippen LogP contribution in [0, 0.1) is 6.92 Å². The van der Waals surface area contributed by atoms with Crippen LogP contribution in [0.5, 0.6) is 0 Å². The van der Waals surface area contributed by atoms with Crippen molar-refractivity contribution in [1.29, 1.82) is 0 Å². The predicted molar refractivity (Wildman–Crippen MR) is 143 cm³/mol. The zero-order chi connectivity index (χ0) is 25.2. The van der Waals surface area contributed by atoms with Gasteiger partial charge in [-0.05, 0) is 71.0 Å². The fourth-order valence-electron chi connectivity index (χ4n) is 5.26. The molecule has 5 rings (SSSR count). The van der Waals surface area contributed by atoms with Gasteiger partial charge in [-0.2, -0.15) is 5.10 Å². The Labute approximate surface area is 210 Å². The van der Waals surface area contributed by atoms with Gasteiger partial charge in [0.25, 0.3) is 5.56 Å². The lowest BCUT2D eigenvalue weighted by molar-refractivity contribution is -0.117. The molecule has 2 aromatic heterocycles. The number of aromatic nitrogens is 4. The highest BCUT2D eigenvalue weighted by atomic mass is 16.2. The quantitative estimate of drug-likeness (QED) is 0.429. The van der Waals surface area contributed by atoms with E-state index in [0.717, 1.165) is 47.6 Å². The first-order valence-corrected chi connectivity index (χ1v) is 12.9. The Bertz CT molecular complexity index is 1460. The Morgan fingerprint density at radius 1 is 1.03 bits per heavy atom. The lowest BCUT2D eigenvalue weighted by Gasteiger charge is -2.21. The second-order valence-corrected chi connectivity index (χ2v) is 10.0. The molecule has 0 unspecified atom stereocenters. The molecule has 8 heteroatoms. The van der Waals surface area contributed by atoms with Crippen LogP contribution in [-0.4, -0.2) is 43.2 Å². The highest BCUT2D eigenvalue weighted by molar-refractivity contribution is 5.93. The standard InChI is InChI=1S/C28H34N6O2/c1-19(2)34-25-13-12-21(16-24(25)30-26(34)17-32-14-8-4-5-9-15-32)29-27(35)18-33-28(36)23-11-7-6-10-22(23)20(3)31-33/h6-7,10-13,16,19H,4-5,8-9,14-15,17-18H2,1-3H3,(H,29,35). The maximum absolute atomic E-state index is 12.9. The van der Waals surface area contributed by atoms with Gasteiger partial charge in [-0.1, -0.05) is 31.0 Å². The number of nitrogens with one attached hydrogen (secondary N) is 1. The van der Waals surface area contributed by atoms with E-state index < -0.39 is 0 Å². The Kier molecular flexibility index (Phi) is 6.87. The summed E-state index contributed by atoms with van der Waals surface area (Å²) in [6.07, 6.45) is 5.10. The fraction of sp³-hybridized carbons (Fsp3) is 0.429. The number of amides is 1. The van der Waals surface area contributed by atoms with E-state index in [1.54, 1.807) is 6.07 Å². The van der Waals surface area contributed by atoms with Crippen molar-refractivity contribution in [3.8, 4) is 0 Å². The molecule has 3 heterocycles. The molecule has 36 heavy (non-hydrogen) atoms. The molecule has 1 fully saturated rings. The number of nitrogens with zero attached hydrogens (tertiary/aromatic N) is 5. The summed E-state index contributed by atoms with van der Waals surface area (Å²) in [5, 5.41) is 8.65. The van der Waals surface area contributed by atoms with E-state index in [-0.39, 0.29) is 24.1 Å². The molecule has 1 N–H and O–H groups in total. The van der Waals surface area contributed by atoms with Gasteiger partial charge in [0.2, 0.25) is 5.91 Å². The number of hydrogen-bond acceptors (Lipinski definition) is 5. The summed E-state index contributed by atoms with van der Waals surface area (Å²) in [7, 11) is 0. The molecular formula is C28H34N6O2. The first-order valence-electron chi connectivity index (χ1n) is 12.9. The molecule has 1 aliphatic rings. The zero-order valence-corrected chi connectivity index (χ0v) is 21.3. The number of hydrogen-bond donors (Lipinski definition) is 1. The van der Waals surface area contributed by atoms with Crippen LogP contribution >= 0.6 is 0 Å². The van der Waals surface area contributed by atoms with Gasteiger partial charge in [-0.3, -0.25) is 14.5 Å². The third kappa shape index (κ3) is 4.91. The van der Waals surface area contributed by atoms with E-state index in [1.165, 1.54) is 30.4 Å². The molecule has 0 atom stereocenters. The maximum Gasteiger partial charge on any atom is 0.275 e. The number of carbonyl (C=O) groups excluding carboxylic acids is 1. The van der Waals surface area contributed by atoms with Crippen molar-refractivity contribution in [2.75, 3.05) is 18.4 Å². The monoisotopic (exact) mass is 486 g/mol. The van der Waals surface area contributed by atoms with E-state index >= 15 is 0 Å². The van der Waals surface area contributed by atoms with E-state index in [9.17, 15) is 9.59 Å². The molecule has 0 saturated carbocycles. The minimum absolute atomic E-state index is 0.150. The van der Waals surface area contributed by atoms with Gasteiger partial charge in [0.1, 0.15) is 12.4 Å². The minimum atomic E-state index is -0.299. The van der Waals surface area contributed by atoms with Gasteiger partial charge in [0, 0.05) is 17.1 Å². The number of rotatable bonds is 6. The van der Waals surface area contributed by atoms with Crippen molar-refractivity contribution in [2.24, 2.45) is 0 Å². The highest BCUT2D eigenvalue weighted by Crippen LogP contribution is 2.25. The number of likely N-dealkylation sites (tertiary alicyclic amines) is 1. The zero-order valence-electron chi connectivity index (χ0n) is 21.3. The summed E-state index contributed by atoms with van der Waals surface area (Å²) in [5.41, 5.74) is 3.04. The Morgan fingerprint density at radius 3 is 2.47 bits per heavy atom. The summed E-state index contributed by atoms with van der Waals surface area (Å²) in [5.74, 6) is 0.763. The highest BCUT2D eigenvalue weighted by Gasteiger charge is 2.18. The normalized spacial score (nSPS) is 15.0. The summed E-state index contributed by atoms with van der Waals surface area (Å²) >= 11 is 0. The number of carbonyl (C=O) groups is 1. The maximum atomic E-state index is 12.9. The first kappa shape index (κ1) is 24.2. The molecule has 0 spiro atoms. The van der Waals surface area contributed by atoms with Crippen LogP contribution in [0.3, 0.4) is 0 Å². The molecule has 8 nitrogen and oxygen atoms in total. The van der Waals surface area contributed by atoms with Crippen LogP contribution in [0.4, 0.5) is 5.69 Å². The summed E-state index contributed by atoms with van der Waals surface area (Å²) < 4.78 is 3.53. The average Bonchev–Trinajstić information content (AvgIpc) is 3.01. The van der Waals surface area contributed by atoms with Crippen LogP contribution in [0.1, 0.15) is 57.1 Å². The van der Waals surface area contributed by atoms with Crippen molar-refractivity contribution in [2.45, 2.75) is 65.6 Å². The largest absolute Gasteiger partial charge is 0.324 e. The van der Waals surface area contributed by atoms with Gasteiger partial charge >= 0.3 is 0 Å². The molecule has 2 aromatic carbocycles. The van der Waals surface area contributed by atoms with E-state index in [1.807, 2.05) is 43.3 Å². The molecule has 188 valence electrons. The molecular weight excluding hydrogens is 452 g/mol. The SMILES string of the molecule is Cc1nn(CC(=O)Nc2ccc3c(c2)nc(CN2CCCCCC2)n3C(C)C)c(=O)c2ccccc12. The second kappa shape index (κ2) is 10.2. The van der Waals surface area contributed by atoms with Crippen LogP contribution in [0.25, 0.3) is 21.8 Å². The summed E-state index contributed by atoms with van der Waals surface area (Å²) in [6, 6.07) is 13.5. The van der Waals surface area contributed by atoms with Gasteiger partial charge in [-0.15, -0.1) is 0 Å². The van der Waals surface area contributed by atoms with Gasteiger partial charge in [-0.25, -0.2) is 9.67 Å². The number of benzene rings is 2. The molecule has 0 radical (unpaired) electrons. The fourth-order valence-corrected chi connectivity index (χ4v) is 5.26. The van der Waals surface area contributed by atoms with Crippen molar-refractivity contribution in [1.82, 2.24) is 24.2 Å². The van der Waals surface area contributed by atoms with Crippen molar-refractivity contribution in [3.63, 3.8) is 0 Å². The van der Waals surface area contributed by atoms with Crippen molar-refractivity contribution >= 4 is 33.4 Å². The summed E-state index contributed by atoms with van der Waals surface area (Å²) in [6.45, 7) is 9.12. The lowest BCUT2D eigenvalue weighted by atomic mass is 10.1. The molecule has 1 amide bonds. The lowest BCUT2D eigenvalue weighted by Crippen LogP contribution is -2.30. The third-order valence-corrected chi connectivity index (χ3v) is 6.97. The van der Waals surface area contributed by atoms with Crippen molar-refractivity contribution in [3.05, 3.63) is 64.3 Å². The number of imidazole rings is 1. The number of fused-ring (bicyclic) bond motifs is 2. The molecule has 4 aromatic rings. The molecule has 1 saturated heterocycles. The number of aryl methyl sites for hydroxylation is 1. The first-order chi connectivity index (χ1) is 17.4. The van der Waals surface area contributed by atoms with E-state index in [2.05, 4.69) is 33.7 Å². The van der Waals surface area contributed by atoms with Gasteiger partial charge in [0.05, 0.1) is 28.7 Å². The Hall–Kier alpha value is -3.52. The topological polar surface area (TPSA) is 85.1 Å². The smallest absolute Gasteiger partial charge is 0.275 e. The van der Waals surface area contributed by atoms with Crippen LogP contribution in [0.2, 0.25) is 0 Å². The van der Waals surface area contributed by atoms with Crippen molar-refractivity contribution < 1.29 is 4.79 Å². The minimum Gasteiger partial charge on any atom is -0.324 e. The van der Waals surface area contributed by atoms with Crippen LogP contribution in [-0.2, 0) is 17.9 Å². The second-order valence-electron chi connectivity index (χ2n) is 10.0. The van der Waals surface area contributed by atoms with Crippen LogP contribution < -0.4 is 10.9 Å². The average molecular weight is 487 g/mol. The molecule has 0 bridgehead atoms. The Morgan fingerprint density at radius 2 is 1.75 bits per heavy atom. The van der Waals surface area contributed by atoms with E-state index in [0.29, 0.717) is 11.1 Å². The van der Waals surface area contributed by atoms with Gasteiger partial charge < -0.3 is 9.88 Å². The van der Waals surface area contributed by atoms with Gasteiger partial charge in [0.15, 0.2) is 0 Å². The van der Waals surface area contributed by atoms with Crippen LogP contribution in [0.15, 0.2) is 47.3 Å². The predicted octanol–water partition coefficient (Wildman–Crippen LogP) is 4.65. The molecule has 0 aliphatic carbocycles. The molecule has 1 aliphatic heterocycles. The summed E-state index contributed by atoms with van der Waals surface area (Å²) in [4.78, 5) is 33.2. The third-order valence-electron chi connectivity index (χ3n) is 6.97. The number of anilines is 1. The Balaban J connectivity index is 1.37.